The molecule has 0 spiro atoms. The molecule has 1 N–H and O–H groups in total. The van der Waals surface area contributed by atoms with Gasteiger partial charge in [0.05, 0.1) is 11.6 Å². The van der Waals surface area contributed by atoms with Crippen molar-refractivity contribution in [1.29, 1.82) is 0 Å². The lowest BCUT2D eigenvalue weighted by Gasteiger charge is -2.25. The van der Waals surface area contributed by atoms with Crippen LogP contribution in [0.5, 0.6) is 0 Å². The first-order valence-electron chi connectivity index (χ1n) is 6.89. The second-order valence-corrected chi connectivity index (χ2v) is 5.27. The minimum atomic E-state index is -0.0755. The fraction of sp³-hybridized carbons (Fsp3) is 0.733. The molecule has 3 heteroatoms. The molecule has 1 aromatic rings. The van der Waals surface area contributed by atoms with Crippen molar-refractivity contribution >= 4 is 0 Å². The summed E-state index contributed by atoms with van der Waals surface area (Å²) < 4.78 is 11.3. The molecule has 0 saturated carbocycles. The zero-order valence-corrected chi connectivity index (χ0v) is 12.4. The Morgan fingerprint density at radius 2 is 2.06 bits per heavy atom. The Balaban J connectivity index is 2.64. The zero-order valence-electron chi connectivity index (χ0n) is 12.4. The third-order valence-corrected chi connectivity index (χ3v) is 3.41. The van der Waals surface area contributed by atoms with Gasteiger partial charge in [0.1, 0.15) is 11.5 Å². The molecule has 1 heterocycles. The largest absolute Gasteiger partial charge is 0.464 e. The Kier molecular flexibility index (Phi) is 5.89. The summed E-state index contributed by atoms with van der Waals surface area (Å²) in [6, 6.07) is 4.44. The first-order chi connectivity index (χ1) is 8.52. The minimum Gasteiger partial charge on any atom is -0.464 e. The molecule has 0 saturated heterocycles. The van der Waals surface area contributed by atoms with Crippen molar-refractivity contribution < 1.29 is 9.15 Å². The van der Waals surface area contributed by atoms with Gasteiger partial charge < -0.3 is 14.5 Å². The van der Waals surface area contributed by atoms with E-state index in [1.807, 2.05) is 0 Å². The standard InChI is InChI=1S/C15H27NO2/c1-6-12-8-9-14(18-12)13(16-7-2)10-11-15(3,4)17-5/h8-9,13,16H,6-7,10-11H2,1-5H3. The maximum Gasteiger partial charge on any atom is 0.121 e. The van der Waals surface area contributed by atoms with E-state index >= 15 is 0 Å². The Morgan fingerprint density at radius 1 is 1.33 bits per heavy atom. The molecule has 18 heavy (non-hydrogen) atoms. The molecule has 0 bridgehead atoms. The molecule has 0 aromatic carbocycles. The van der Waals surface area contributed by atoms with Crippen LogP contribution in [0, 0.1) is 0 Å². The summed E-state index contributed by atoms with van der Waals surface area (Å²) in [5.41, 5.74) is -0.0755. The van der Waals surface area contributed by atoms with Crippen LogP contribution in [0.4, 0.5) is 0 Å². The topological polar surface area (TPSA) is 34.4 Å². The third kappa shape index (κ3) is 4.46. The van der Waals surface area contributed by atoms with Gasteiger partial charge in [-0.25, -0.2) is 0 Å². The number of furan rings is 1. The molecule has 0 amide bonds. The summed E-state index contributed by atoms with van der Waals surface area (Å²) in [6.45, 7) is 9.42. The number of hydrogen-bond donors (Lipinski definition) is 1. The van der Waals surface area contributed by atoms with Gasteiger partial charge in [-0.2, -0.15) is 0 Å². The van der Waals surface area contributed by atoms with Gasteiger partial charge >= 0.3 is 0 Å². The van der Waals surface area contributed by atoms with Crippen LogP contribution in [-0.2, 0) is 11.2 Å². The van der Waals surface area contributed by atoms with Crippen molar-refractivity contribution in [2.45, 2.75) is 58.6 Å². The first kappa shape index (κ1) is 15.3. The maximum absolute atomic E-state index is 5.84. The highest BCUT2D eigenvalue weighted by Crippen LogP contribution is 2.26. The molecule has 0 fully saturated rings. The van der Waals surface area contributed by atoms with Crippen molar-refractivity contribution in [1.82, 2.24) is 5.32 Å². The molecule has 0 aliphatic rings. The number of rotatable bonds is 8. The van der Waals surface area contributed by atoms with E-state index in [0.29, 0.717) is 0 Å². The van der Waals surface area contributed by atoms with E-state index in [0.717, 1.165) is 37.3 Å². The molecular weight excluding hydrogens is 226 g/mol. The number of ether oxygens (including phenoxy) is 1. The van der Waals surface area contributed by atoms with E-state index < -0.39 is 0 Å². The van der Waals surface area contributed by atoms with Gasteiger partial charge in [0.2, 0.25) is 0 Å². The van der Waals surface area contributed by atoms with Gasteiger partial charge in [0.15, 0.2) is 0 Å². The molecule has 0 aliphatic carbocycles. The lowest BCUT2D eigenvalue weighted by atomic mass is 9.98. The Hall–Kier alpha value is -0.800. The van der Waals surface area contributed by atoms with Crippen LogP contribution in [0.1, 0.15) is 58.1 Å². The Labute approximate surface area is 111 Å². The van der Waals surface area contributed by atoms with Crippen LogP contribution in [0.15, 0.2) is 16.5 Å². The Bertz CT molecular complexity index is 344. The quantitative estimate of drug-likeness (QED) is 0.767. The predicted molar refractivity (Wildman–Crippen MR) is 74.8 cm³/mol. The van der Waals surface area contributed by atoms with Crippen LogP contribution in [0.3, 0.4) is 0 Å². The second-order valence-electron chi connectivity index (χ2n) is 5.27. The lowest BCUT2D eigenvalue weighted by molar-refractivity contribution is 0.0112. The van der Waals surface area contributed by atoms with Crippen LogP contribution in [0.2, 0.25) is 0 Å². The number of methoxy groups -OCH3 is 1. The van der Waals surface area contributed by atoms with E-state index in [9.17, 15) is 0 Å². The molecule has 3 nitrogen and oxygen atoms in total. The lowest BCUT2D eigenvalue weighted by Crippen LogP contribution is -2.27. The van der Waals surface area contributed by atoms with Crippen molar-refractivity contribution in [2.24, 2.45) is 0 Å². The summed E-state index contributed by atoms with van der Waals surface area (Å²) in [6.07, 6.45) is 2.97. The molecule has 0 radical (unpaired) electrons. The summed E-state index contributed by atoms with van der Waals surface area (Å²) in [5.74, 6) is 2.10. The normalized spacial score (nSPS) is 13.8. The summed E-state index contributed by atoms with van der Waals surface area (Å²) in [7, 11) is 1.77. The molecule has 104 valence electrons. The molecule has 0 aliphatic heterocycles. The van der Waals surface area contributed by atoms with E-state index in [4.69, 9.17) is 9.15 Å². The average Bonchev–Trinajstić information content (AvgIpc) is 2.83. The number of aryl methyl sites for hydroxylation is 1. The molecule has 1 atom stereocenters. The van der Waals surface area contributed by atoms with Crippen LogP contribution >= 0.6 is 0 Å². The predicted octanol–water partition coefficient (Wildman–Crippen LogP) is 3.70. The minimum absolute atomic E-state index is 0.0755. The SMILES string of the molecule is CCNC(CCC(C)(C)OC)c1ccc(CC)o1. The highest BCUT2D eigenvalue weighted by Gasteiger charge is 2.21. The van der Waals surface area contributed by atoms with E-state index in [1.165, 1.54) is 0 Å². The smallest absolute Gasteiger partial charge is 0.121 e. The molecule has 1 rings (SSSR count). The fourth-order valence-corrected chi connectivity index (χ4v) is 1.96. The third-order valence-electron chi connectivity index (χ3n) is 3.41. The van der Waals surface area contributed by atoms with Crippen LogP contribution in [0.25, 0.3) is 0 Å². The first-order valence-corrected chi connectivity index (χ1v) is 6.89. The van der Waals surface area contributed by atoms with Gasteiger partial charge in [-0.15, -0.1) is 0 Å². The van der Waals surface area contributed by atoms with E-state index in [-0.39, 0.29) is 11.6 Å². The highest BCUT2D eigenvalue weighted by atomic mass is 16.5. The number of nitrogens with one attached hydrogen (secondary N) is 1. The fourth-order valence-electron chi connectivity index (χ4n) is 1.96. The maximum atomic E-state index is 5.84. The van der Waals surface area contributed by atoms with E-state index in [1.54, 1.807) is 7.11 Å². The van der Waals surface area contributed by atoms with Crippen molar-refractivity contribution in [3.63, 3.8) is 0 Å². The Morgan fingerprint density at radius 3 is 2.56 bits per heavy atom. The number of hydrogen-bond acceptors (Lipinski definition) is 3. The van der Waals surface area contributed by atoms with E-state index in [2.05, 4.69) is 45.1 Å². The summed E-state index contributed by atoms with van der Waals surface area (Å²) in [5, 5.41) is 3.48. The molecule has 1 aromatic heterocycles. The molecule has 1 unspecified atom stereocenters. The van der Waals surface area contributed by atoms with Gasteiger partial charge in [0, 0.05) is 13.5 Å². The van der Waals surface area contributed by atoms with Gasteiger partial charge in [-0.1, -0.05) is 13.8 Å². The average molecular weight is 253 g/mol. The second kappa shape index (κ2) is 6.95. The van der Waals surface area contributed by atoms with Crippen LogP contribution < -0.4 is 5.32 Å². The highest BCUT2D eigenvalue weighted by molar-refractivity contribution is 5.11. The van der Waals surface area contributed by atoms with Crippen molar-refractivity contribution in [3.8, 4) is 0 Å². The van der Waals surface area contributed by atoms with Crippen molar-refractivity contribution in [2.75, 3.05) is 13.7 Å². The summed E-state index contributed by atoms with van der Waals surface area (Å²) in [4.78, 5) is 0. The van der Waals surface area contributed by atoms with Crippen molar-refractivity contribution in [3.05, 3.63) is 23.7 Å². The van der Waals surface area contributed by atoms with Gasteiger partial charge in [-0.05, 0) is 45.4 Å². The van der Waals surface area contributed by atoms with Gasteiger partial charge in [-0.3, -0.25) is 0 Å². The van der Waals surface area contributed by atoms with Gasteiger partial charge in [0.25, 0.3) is 0 Å². The summed E-state index contributed by atoms with van der Waals surface area (Å²) >= 11 is 0. The van der Waals surface area contributed by atoms with Crippen LogP contribution in [-0.4, -0.2) is 19.3 Å². The zero-order chi connectivity index (χ0) is 13.6. The molecular formula is C15H27NO2. The monoisotopic (exact) mass is 253 g/mol.